The van der Waals surface area contributed by atoms with E-state index in [-0.39, 0.29) is 68.6 Å². The molecule has 3 aromatic rings. The van der Waals surface area contributed by atoms with Crippen LogP contribution in [0.4, 0.5) is 25.0 Å². The first kappa shape index (κ1) is 32.2. The van der Waals surface area contributed by atoms with Crippen LogP contribution in [0.2, 0.25) is 0 Å². The van der Waals surface area contributed by atoms with Crippen molar-refractivity contribution in [1.82, 2.24) is 4.57 Å². The summed E-state index contributed by atoms with van der Waals surface area (Å²) in [6.07, 6.45) is 2.37. The highest BCUT2D eigenvalue weighted by atomic mass is 19.1. The van der Waals surface area contributed by atoms with E-state index in [2.05, 4.69) is 0 Å². The summed E-state index contributed by atoms with van der Waals surface area (Å²) < 4.78 is 47.8. The predicted molar refractivity (Wildman–Crippen MR) is 163 cm³/mol. The number of amides is 1. The van der Waals surface area contributed by atoms with E-state index in [0.717, 1.165) is 18.9 Å². The first-order valence-corrected chi connectivity index (χ1v) is 15.1. The predicted octanol–water partition coefficient (Wildman–Crippen LogP) is 4.72. The lowest BCUT2D eigenvalue weighted by Crippen LogP contribution is -2.48. The van der Waals surface area contributed by atoms with Gasteiger partial charge >= 0.3 is 12.1 Å². The Morgan fingerprint density at radius 1 is 1.09 bits per heavy atom. The van der Waals surface area contributed by atoms with Crippen LogP contribution < -0.4 is 20.0 Å². The van der Waals surface area contributed by atoms with Crippen molar-refractivity contribution >= 4 is 34.3 Å². The second kappa shape index (κ2) is 13.0. The number of fused-ring (bicyclic) bond motifs is 1. The second-order valence-electron chi connectivity index (χ2n) is 11.3. The van der Waals surface area contributed by atoms with Crippen molar-refractivity contribution in [3.8, 4) is 5.75 Å². The molecule has 3 aliphatic rings. The number of aromatic carboxylic acids is 1. The maximum atomic E-state index is 15.3. The zero-order valence-electron chi connectivity index (χ0n) is 25.4. The number of aromatic nitrogens is 1. The normalized spacial score (nSPS) is 19.2. The van der Waals surface area contributed by atoms with Crippen LogP contribution in [0.1, 0.15) is 55.9 Å². The van der Waals surface area contributed by atoms with Crippen molar-refractivity contribution in [2.45, 2.75) is 57.3 Å². The second-order valence-corrected chi connectivity index (χ2v) is 11.3. The summed E-state index contributed by atoms with van der Waals surface area (Å²) in [5, 5.41) is 20.6. The molecule has 1 atom stereocenters. The summed E-state index contributed by atoms with van der Waals surface area (Å²) in [5.74, 6) is -2.80. The minimum atomic E-state index is -1.36. The van der Waals surface area contributed by atoms with Crippen LogP contribution in [0.5, 0.6) is 5.75 Å². The summed E-state index contributed by atoms with van der Waals surface area (Å²) in [5.41, 5.74) is -1.39. The fraction of sp³-hybridized carbons (Fsp3) is 0.469. The van der Waals surface area contributed by atoms with E-state index in [9.17, 15) is 29.0 Å². The Balaban J connectivity index is 0.00000196. The number of carboxylic acids is 1. The lowest BCUT2D eigenvalue weighted by molar-refractivity contribution is -0.0250. The van der Waals surface area contributed by atoms with E-state index in [1.54, 1.807) is 15.5 Å². The van der Waals surface area contributed by atoms with Crippen molar-refractivity contribution in [1.29, 1.82) is 0 Å². The van der Waals surface area contributed by atoms with Gasteiger partial charge in [0.15, 0.2) is 11.6 Å². The number of hydrogen-bond acceptors (Lipinski definition) is 8. The molecule has 0 unspecified atom stereocenters. The summed E-state index contributed by atoms with van der Waals surface area (Å²) in [6, 6.07) is 6.80. The van der Waals surface area contributed by atoms with Gasteiger partial charge in [0.2, 0.25) is 5.43 Å². The van der Waals surface area contributed by atoms with Gasteiger partial charge in [-0.15, -0.1) is 0 Å². The van der Waals surface area contributed by atoms with E-state index < -0.39 is 46.4 Å². The van der Waals surface area contributed by atoms with Gasteiger partial charge in [-0.1, -0.05) is 13.8 Å². The number of aliphatic hydroxyl groups is 1. The lowest BCUT2D eigenvalue weighted by Gasteiger charge is -2.39. The van der Waals surface area contributed by atoms with Gasteiger partial charge in [0, 0.05) is 43.9 Å². The molecule has 6 rings (SSSR count). The number of pyridine rings is 1. The molecule has 1 aliphatic carbocycles. The first-order chi connectivity index (χ1) is 21.6. The molecule has 0 bridgehead atoms. The van der Waals surface area contributed by atoms with E-state index in [0.29, 0.717) is 11.2 Å². The molecule has 3 heterocycles. The van der Waals surface area contributed by atoms with E-state index in [4.69, 9.17) is 14.2 Å². The molecular weight excluding hydrogens is 592 g/mol. The van der Waals surface area contributed by atoms with Crippen LogP contribution in [0, 0.1) is 11.6 Å². The molecule has 0 spiro atoms. The third-order valence-corrected chi connectivity index (χ3v) is 8.26. The highest BCUT2D eigenvalue weighted by Gasteiger charge is 2.36. The fourth-order valence-electron chi connectivity index (χ4n) is 5.71. The lowest BCUT2D eigenvalue weighted by atomic mass is 9.92. The van der Waals surface area contributed by atoms with Crippen molar-refractivity contribution < 1.29 is 42.8 Å². The number of anilines is 2. The van der Waals surface area contributed by atoms with Gasteiger partial charge in [0.25, 0.3) is 0 Å². The van der Waals surface area contributed by atoms with Gasteiger partial charge < -0.3 is 33.9 Å². The number of methoxy groups -OCH3 is 1. The van der Waals surface area contributed by atoms with Crippen LogP contribution in [-0.2, 0) is 9.47 Å². The third-order valence-electron chi connectivity index (χ3n) is 8.26. The Morgan fingerprint density at radius 3 is 2.42 bits per heavy atom. The summed E-state index contributed by atoms with van der Waals surface area (Å²) in [4.78, 5) is 39.6. The average Bonchev–Trinajstić information content (AvgIpc) is 3.80. The van der Waals surface area contributed by atoms with E-state index in [1.165, 1.54) is 36.4 Å². The zero-order chi connectivity index (χ0) is 32.5. The van der Waals surface area contributed by atoms with Crippen LogP contribution >= 0.6 is 0 Å². The average molecular weight is 630 g/mol. The highest BCUT2D eigenvalue weighted by Crippen LogP contribution is 2.39. The van der Waals surface area contributed by atoms with Gasteiger partial charge in [0.05, 0.1) is 30.0 Å². The van der Waals surface area contributed by atoms with Crippen LogP contribution in [0.3, 0.4) is 0 Å². The molecule has 11 nitrogen and oxygen atoms in total. The molecule has 1 amide bonds. The van der Waals surface area contributed by atoms with Crippen molar-refractivity contribution in [3.05, 3.63) is 63.9 Å². The molecule has 3 fully saturated rings. The van der Waals surface area contributed by atoms with Gasteiger partial charge in [-0.2, -0.15) is 0 Å². The van der Waals surface area contributed by atoms with Gasteiger partial charge in [-0.3, -0.25) is 9.69 Å². The molecule has 2 saturated heterocycles. The SMILES string of the molecule is CC.COC[C@H]1CN(c2ccc(OCC3(O)CCN(c4cc5c(cc4F)c(=O)c(C(=O)O)cn5C4CC4)CC3)c(F)c2)C(=O)O1. The van der Waals surface area contributed by atoms with Crippen molar-refractivity contribution in [2.75, 3.05) is 49.8 Å². The number of carbonyl (C=O) groups is 2. The largest absolute Gasteiger partial charge is 0.488 e. The van der Waals surface area contributed by atoms with E-state index >= 15 is 4.39 Å². The number of rotatable bonds is 9. The molecule has 45 heavy (non-hydrogen) atoms. The Hall–Kier alpha value is -4.23. The Morgan fingerprint density at radius 2 is 1.80 bits per heavy atom. The first-order valence-electron chi connectivity index (χ1n) is 15.1. The monoisotopic (exact) mass is 629 g/mol. The smallest absolute Gasteiger partial charge is 0.414 e. The number of halogens is 2. The Bertz CT molecular complexity index is 1650. The van der Waals surface area contributed by atoms with Crippen LogP contribution in [0.25, 0.3) is 10.9 Å². The summed E-state index contributed by atoms with van der Waals surface area (Å²) in [7, 11) is 1.50. The molecule has 0 radical (unpaired) electrons. The van der Waals surface area contributed by atoms with Gasteiger partial charge in [-0.05, 0) is 49.9 Å². The van der Waals surface area contributed by atoms with Crippen molar-refractivity contribution in [2.24, 2.45) is 0 Å². The number of cyclic esters (lactones) is 1. The molecule has 1 saturated carbocycles. The molecular formula is C32H37F2N3O8. The number of ether oxygens (including phenoxy) is 3. The standard InChI is InChI=1S/C30H31F2N3O8.C2H6/c1-41-15-19-13-35(29(39)43-19)18-4-5-26(23(32)10-18)42-16-30(40)6-8-33(9-7-30)25-12-24-20(11-22(25)31)27(36)21(28(37)38)14-34(24)17-2-3-17;1-2/h4-5,10-12,14,17,19,40H,2-3,6-9,13,15-16H2,1H3,(H,37,38);1-2H3/t19-;/m1./s1. The molecule has 1 aromatic heterocycles. The maximum absolute atomic E-state index is 15.3. The Kier molecular flexibility index (Phi) is 9.31. The number of benzene rings is 2. The van der Waals surface area contributed by atoms with Crippen molar-refractivity contribution in [3.63, 3.8) is 0 Å². The topological polar surface area (TPSA) is 131 Å². The maximum Gasteiger partial charge on any atom is 0.414 e. The molecule has 2 aliphatic heterocycles. The molecule has 242 valence electrons. The zero-order valence-corrected chi connectivity index (χ0v) is 25.4. The Labute approximate surface area is 258 Å². The van der Waals surface area contributed by atoms with Crippen LogP contribution in [-0.4, -0.2) is 78.5 Å². The van der Waals surface area contributed by atoms with Gasteiger partial charge in [0.1, 0.15) is 29.7 Å². The van der Waals surface area contributed by atoms with E-state index in [1.807, 2.05) is 13.8 Å². The molecule has 2 aromatic carbocycles. The van der Waals surface area contributed by atoms with Crippen LogP contribution in [0.15, 0.2) is 41.3 Å². The number of carbonyl (C=O) groups excluding carboxylic acids is 1. The summed E-state index contributed by atoms with van der Waals surface area (Å²) >= 11 is 0. The minimum absolute atomic E-state index is 0.0134. The number of hydrogen-bond donors (Lipinski definition) is 2. The third kappa shape index (κ3) is 6.59. The van der Waals surface area contributed by atoms with Gasteiger partial charge in [-0.25, -0.2) is 18.4 Å². The number of carboxylic acid groups (broad SMARTS) is 1. The quantitative estimate of drug-likeness (QED) is 0.345. The molecule has 2 N–H and O–H groups in total. The molecule has 13 heteroatoms. The highest BCUT2D eigenvalue weighted by molar-refractivity contribution is 5.93. The number of piperidine rings is 1. The fourth-order valence-corrected chi connectivity index (χ4v) is 5.71. The number of nitrogens with zero attached hydrogens (tertiary/aromatic N) is 3. The summed E-state index contributed by atoms with van der Waals surface area (Å²) in [6.45, 7) is 4.79. The minimum Gasteiger partial charge on any atom is -0.488 e.